The van der Waals surface area contributed by atoms with E-state index in [1.165, 1.54) is 11.1 Å². The maximum atomic E-state index is 12.6. The zero-order chi connectivity index (χ0) is 14.8. The van der Waals surface area contributed by atoms with E-state index >= 15 is 0 Å². The summed E-state index contributed by atoms with van der Waals surface area (Å²) in [6, 6.07) is 12.3. The molecule has 110 valence electrons. The summed E-state index contributed by atoms with van der Waals surface area (Å²) in [5.41, 5.74) is 2.72. The van der Waals surface area contributed by atoms with Gasteiger partial charge in [-0.05, 0) is 49.4 Å². The number of furan rings is 1. The zero-order valence-corrected chi connectivity index (χ0v) is 12.6. The van der Waals surface area contributed by atoms with Crippen molar-refractivity contribution in [3.63, 3.8) is 0 Å². The van der Waals surface area contributed by atoms with Crippen molar-refractivity contribution in [1.29, 1.82) is 0 Å². The lowest BCUT2D eigenvalue weighted by Gasteiger charge is -2.27. The zero-order valence-electron chi connectivity index (χ0n) is 12.6. The summed E-state index contributed by atoms with van der Waals surface area (Å²) in [6.45, 7) is 2.47. The monoisotopic (exact) mass is 283 g/mol. The predicted molar refractivity (Wildman–Crippen MR) is 81.9 cm³/mol. The van der Waals surface area contributed by atoms with Crippen LogP contribution in [-0.2, 0) is 24.2 Å². The topological polar surface area (TPSA) is 33.5 Å². The Hall–Kier alpha value is -2.03. The molecule has 0 fully saturated rings. The molecule has 0 radical (unpaired) electrons. The van der Waals surface area contributed by atoms with Gasteiger partial charge in [-0.2, -0.15) is 0 Å². The second-order valence-electron chi connectivity index (χ2n) is 5.92. The Labute approximate surface area is 125 Å². The molecule has 0 spiro atoms. The fourth-order valence-electron chi connectivity index (χ4n) is 3.10. The first-order valence-corrected chi connectivity index (χ1v) is 7.50. The van der Waals surface area contributed by atoms with E-state index in [9.17, 15) is 4.79 Å². The van der Waals surface area contributed by atoms with Gasteiger partial charge in [0.1, 0.15) is 11.5 Å². The van der Waals surface area contributed by atoms with E-state index in [1.807, 2.05) is 26.1 Å². The van der Waals surface area contributed by atoms with Gasteiger partial charge in [0.05, 0.1) is 6.54 Å². The van der Waals surface area contributed by atoms with Crippen molar-refractivity contribution in [2.45, 2.75) is 32.7 Å². The van der Waals surface area contributed by atoms with E-state index in [0.717, 1.165) is 30.8 Å². The molecule has 1 aromatic heterocycles. The smallest absolute Gasteiger partial charge is 0.226 e. The van der Waals surface area contributed by atoms with Crippen LogP contribution in [0.15, 0.2) is 40.8 Å². The van der Waals surface area contributed by atoms with Crippen molar-refractivity contribution >= 4 is 5.91 Å². The minimum atomic E-state index is 0.0981. The molecule has 1 aliphatic rings. The fraction of sp³-hybridized carbons (Fsp3) is 0.389. The average molecular weight is 283 g/mol. The Morgan fingerprint density at radius 2 is 2.00 bits per heavy atom. The van der Waals surface area contributed by atoms with E-state index in [0.29, 0.717) is 6.54 Å². The second-order valence-corrected chi connectivity index (χ2v) is 5.92. The molecular formula is C18H21NO2. The summed E-state index contributed by atoms with van der Waals surface area (Å²) in [5, 5.41) is 0. The largest absolute Gasteiger partial charge is 0.464 e. The molecule has 3 rings (SSSR count). The van der Waals surface area contributed by atoms with E-state index in [-0.39, 0.29) is 11.8 Å². The first-order chi connectivity index (χ1) is 10.1. The van der Waals surface area contributed by atoms with Crippen LogP contribution in [0.2, 0.25) is 0 Å². The number of hydrogen-bond donors (Lipinski definition) is 0. The second kappa shape index (κ2) is 5.76. The Kier molecular flexibility index (Phi) is 3.82. The minimum Gasteiger partial charge on any atom is -0.464 e. The third kappa shape index (κ3) is 3.02. The molecule has 1 heterocycles. The highest BCUT2D eigenvalue weighted by molar-refractivity contribution is 5.79. The van der Waals surface area contributed by atoms with Crippen molar-refractivity contribution in [3.8, 4) is 0 Å². The van der Waals surface area contributed by atoms with Gasteiger partial charge in [-0.3, -0.25) is 4.79 Å². The van der Waals surface area contributed by atoms with Crippen LogP contribution >= 0.6 is 0 Å². The van der Waals surface area contributed by atoms with Crippen LogP contribution in [0.4, 0.5) is 0 Å². The summed E-state index contributed by atoms with van der Waals surface area (Å²) >= 11 is 0. The molecule has 3 heteroatoms. The molecule has 21 heavy (non-hydrogen) atoms. The number of aryl methyl sites for hydroxylation is 2. The first-order valence-electron chi connectivity index (χ1n) is 7.50. The molecule has 0 bridgehead atoms. The van der Waals surface area contributed by atoms with Crippen molar-refractivity contribution < 1.29 is 9.21 Å². The minimum absolute atomic E-state index is 0.0981. The fourth-order valence-corrected chi connectivity index (χ4v) is 3.10. The molecule has 0 saturated heterocycles. The van der Waals surface area contributed by atoms with Crippen molar-refractivity contribution in [2.24, 2.45) is 5.92 Å². The molecule has 1 atom stereocenters. The van der Waals surface area contributed by atoms with Crippen molar-refractivity contribution in [1.82, 2.24) is 4.90 Å². The van der Waals surface area contributed by atoms with E-state index in [4.69, 9.17) is 4.42 Å². The summed E-state index contributed by atoms with van der Waals surface area (Å²) in [5.74, 6) is 2.05. The Balaban J connectivity index is 1.66. The van der Waals surface area contributed by atoms with Crippen LogP contribution in [0.5, 0.6) is 0 Å². The van der Waals surface area contributed by atoms with Gasteiger partial charge < -0.3 is 9.32 Å². The molecule has 1 unspecified atom stereocenters. The van der Waals surface area contributed by atoms with Gasteiger partial charge in [0.15, 0.2) is 0 Å². The molecular weight excluding hydrogens is 262 g/mol. The number of nitrogens with zero attached hydrogens (tertiary/aromatic N) is 1. The normalized spacial score (nSPS) is 17.3. The van der Waals surface area contributed by atoms with E-state index in [1.54, 1.807) is 4.90 Å². The van der Waals surface area contributed by atoms with Crippen LogP contribution < -0.4 is 0 Å². The number of hydrogen-bond acceptors (Lipinski definition) is 2. The first kappa shape index (κ1) is 13.9. The Morgan fingerprint density at radius 1 is 1.24 bits per heavy atom. The van der Waals surface area contributed by atoms with Crippen LogP contribution in [0.25, 0.3) is 0 Å². The van der Waals surface area contributed by atoms with Crippen LogP contribution in [0.3, 0.4) is 0 Å². The van der Waals surface area contributed by atoms with Crippen LogP contribution in [0.1, 0.15) is 29.1 Å². The van der Waals surface area contributed by atoms with E-state index < -0.39 is 0 Å². The molecule has 2 aromatic rings. The van der Waals surface area contributed by atoms with Gasteiger partial charge in [-0.25, -0.2) is 0 Å². The highest BCUT2D eigenvalue weighted by Gasteiger charge is 2.27. The summed E-state index contributed by atoms with van der Waals surface area (Å²) in [4.78, 5) is 14.4. The Bertz CT molecular complexity index is 644. The van der Waals surface area contributed by atoms with Crippen molar-refractivity contribution in [3.05, 3.63) is 59.0 Å². The molecule has 3 nitrogen and oxygen atoms in total. The van der Waals surface area contributed by atoms with Crippen molar-refractivity contribution in [2.75, 3.05) is 7.05 Å². The quantitative estimate of drug-likeness (QED) is 0.865. The number of carbonyl (C=O) groups excluding carboxylic acids is 1. The molecule has 1 aliphatic carbocycles. The van der Waals surface area contributed by atoms with Gasteiger partial charge in [0.25, 0.3) is 0 Å². The average Bonchev–Trinajstić information content (AvgIpc) is 2.91. The van der Waals surface area contributed by atoms with E-state index in [2.05, 4.69) is 24.3 Å². The highest BCUT2D eigenvalue weighted by Crippen LogP contribution is 2.26. The standard InChI is InChI=1S/C18H21NO2/c1-13-7-10-17(21-13)12-19(2)18(20)16-9-8-14-5-3-4-6-15(14)11-16/h3-7,10,16H,8-9,11-12H2,1-2H3. The highest BCUT2D eigenvalue weighted by atomic mass is 16.3. The number of amides is 1. The van der Waals surface area contributed by atoms with Gasteiger partial charge in [-0.15, -0.1) is 0 Å². The molecule has 0 N–H and O–H groups in total. The van der Waals surface area contributed by atoms with Gasteiger partial charge in [0.2, 0.25) is 5.91 Å². The number of benzene rings is 1. The molecule has 1 amide bonds. The maximum Gasteiger partial charge on any atom is 0.226 e. The summed E-state index contributed by atoms with van der Waals surface area (Å²) < 4.78 is 5.55. The van der Waals surface area contributed by atoms with Gasteiger partial charge in [-0.1, -0.05) is 24.3 Å². The third-order valence-electron chi connectivity index (χ3n) is 4.26. The number of carbonyl (C=O) groups is 1. The predicted octanol–water partition coefficient (Wildman–Crippen LogP) is 3.35. The lowest BCUT2D eigenvalue weighted by atomic mass is 9.83. The Morgan fingerprint density at radius 3 is 2.71 bits per heavy atom. The molecule has 0 aliphatic heterocycles. The number of fused-ring (bicyclic) bond motifs is 1. The van der Waals surface area contributed by atoms with Crippen LogP contribution in [0, 0.1) is 12.8 Å². The summed E-state index contributed by atoms with van der Waals surface area (Å²) in [6.07, 6.45) is 2.80. The molecule has 0 saturated carbocycles. The third-order valence-corrected chi connectivity index (χ3v) is 4.26. The maximum absolute atomic E-state index is 12.6. The lowest BCUT2D eigenvalue weighted by Crippen LogP contribution is -2.35. The summed E-state index contributed by atoms with van der Waals surface area (Å²) in [7, 11) is 1.86. The number of rotatable bonds is 3. The lowest BCUT2D eigenvalue weighted by molar-refractivity contribution is -0.135. The SMILES string of the molecule is Cc1ccc(CN(C)C(=O)C2CCc3ccccc3C2)o1. The molecule has 1 aromatic carbocycles. The van der Waals surface area contributed by atoms with Crippen LogP contribution in [-0.4, -0.2) is 17.9 Å². The van der Waals surface area contributed by atoms with Gasteiger partial charge in [0, 0.05) is 13.0 Å². The van der Waals surface area contributed by atoms with Gasteiger partial charge >= 0.3 is 0 Å².